The minimum Gasteiger partial charge on any atom is -0.481 e. The van der Waals surface area contributed by atoms with E-state index in [1.165, 1.54) is 23.8 Å². The zero-order valence-corrected chi connectivity index (χ0v) is 16.1. The molecule has 3 aromatic heterocycles. The van der Waals surface area contributed by atoms with Crippen molar-refractivity contribution in [1.82, 2.24) is 24.1 Å². The minimum absolute atomic E-state index is 0.0135. The number of imidazole rings is 1. The molecule has 26 heavy (non-hydrogen) atoms. The number of hydrogen-bond acceptors (Lipinski definition) is 7. The fourth-order valence-electron chi connectivity index (χ4n) is 2.04. The van der Waals surface area contributed by atoms with E-state index >= 15 is 0 Å². The molecule has 0 atom stereocenters. The topological polar surface area (TPSA) is 128 Å². The van der Waals surface area contributed by atoms with Crippen LogP contribution in [0.2, 0.25) is 5.15 Å². The van der Waals surface area contributed by atoms with E-state index in [0.717, 1.165) is 0 Å². The summed E-state index contributed by atoms with van der Waals surface area (Å²) in [4.78, 5) is 23.8. The zero-order chi connectivity index (χ0) is 18.9. The number of rotatable bonds is 4. The van der Waals surface area contributed by atoms with Gasteiger partial charge < -0.3 is 4.74 Å². The number of methoxy groups -OCH3 is 1. The number of carbonyl (C=O) groups is 1. The van der Waals surface area contributed by atoms with Crippen molar-refractivity contribution in [3.05, 3.63) is 40.2 Å². The third-order valence-corrected chi connectivity index (χ3v) is 5.40. The average molecular weight is 462 g/mol. The van der Waals surface area contributed by atoms with E-state index in [0.29, 0.717) is 5.65 Å². The molecule has 3 rings (SSSR count). The maximum absolute atomic E-state index is 12.6. The number of nitrogens with one attached hydrogen (secondary N) is 2. The van der Waals surface area contributed by atoms with Crippen LogP contribution in [-0.4, -0.2) is 40.9 Å². The van der Waals surface area contributed by atoms with Crippen molar-refractivity contribution in [2.75, 3.05) is 12.4 Å². The molecule has 0 aliphatic rings. The molecule has 0 aliphatic carbocycles. The summed E-state index contributed by atoms with van der Waals surface area (Å²) in [6.07, 6.45) is 1.50. The number of halogens is 2. The first-order valence-corrected chi connectivity index (χ1v) is 9.50. The standard InChI is InChI=1S/C13H10BrClN6O4S/c1-25-9-6-7(15)16-12(18-9)19-13(22)20-26(23,24)11-10(14)17-8-4-2-3-5-21(8)11/h2-6H,1H3,(H2,16,18,19,20,22). The summed E-state index contributed by atoms with van der Waals surface area (Å²) in [5.74, 6) is -0.119. The van der Waals surface area contributed by atoms with Crippen molar-refractivity contribution in [1.29, 1.82) is 0 Å². The number of sulfonamides is 1. The van der Waals surface area contributed by atoms with Crippen LogP contribution in [0.4, 0.5) is 10.7 Å². The van der Waals surface area contributed by atoms with Crippen LogP contribution < -0.4 is 14.8 Å². The molecule has 2 N–H and O–H groups in total. The van der Waals surface area contributed by atoms with Gasteiger partial charge in [-0.05, 0) is 28.1 Å². The summed E-state index contributed by atoms with van der Waals surface area (Å²) in [7, 11) is -2.89. The lowest BCUT2D eigenvalue weighted by molar-refractivity contribution is 0.256. The summed E-state index contributed by atoms with van der Waals surface area (Å²) in [5, 5.41) is 1.97. The normalized spacial score (nSPS) is 11.3. The van der Waals surface area contributed by atoms with Crippen molar-refractivity contribution < 1.29 is 17.9 Å². The van der Waals surface area contributed by atoms with E-state index in [-0.39, 0.29) is 26.6 Å². The molecular formula is C13H10BrClN6O4S. The van der Waals surface area contributed by atoms with Crippen LogP contribution in [0.1, 0.15) is 0 Å². The Morgan fingerprint density at radius 3 is 2.81 bits per heavy atom. The number of amides is 2. The number of aromatic nitrogens is 4. The van der Waals surface area contributed by atoms with Gasteiger partial charge in [-0.25, -0.2) is 19.5 Å². The number of urea groups is 1. The number of carbonyl (C=O) groups excluding carboxylic acids is 1. The molecule has 136 valence electrons. The molecule has 0 saturated carbocycles. The second kappa shape index (κ2) is 7.05. The highest BCUT2D eigenvalue weighted by Gasteiger charge is 2.26. The Labute approximate surface area is 160 Å². The lowest BCUT2D eigenvalue weighted by Crippen LogP contribution is -2.35. The third kappa shape index (κ3) is 3.71. The van der Waals surface area contributed by atoms with Gasteiger partial charge in [0.25, 0.3) is 10.0 Å². The largest absolute Gasteiger partial charge is 0.481 e. The smallest absolute Gasteiger partial charge is 0.335 e. The molecule has 3 heterocycles. The lowest BCUT2D eigenvalue weighted by Gasteiger charge is -2.09. The van der Waals surface area contributed by atoms with Crippen molar-refractivity contribution in [2.24, 2.45) is 0 Å². The second-order valence-corrected chi connectivity index (χ2v) is 7.49. The molecule has 13 heteroatoms. The van der Waals surface area contributed by atoms with E-state index in [4.69, 9.17) is 16.3 Å². The Morgan fingerprint density at radius 2 is 2.08 bits per heavy atom. The van der Waals surface area contributed by atoms with Crippen molar-refractivity contribution in [3.63, 3.8) is 0 Å². The predicted molar refractivity (Wildman–Crippen MR) is 95.8 cm³/mol. The highest BCUT2D eigenvalue weighted by atomic mass is 79.9. The molecule has 0 radical (unpaired) electrons. The second-order valence-electron chi connectivity index (χ2n) is 4.75. The first kappa shape index (κ1) is 18.4. The SMILES string of the molecule is COc1cc(Cl)nc(NC(=O)NS(=O)(=O)c2c(Br)nc3ccccn23)n1. The molecule has 0 bridgehead atoms. The Morgan fingerprint density at radius 1 is 1.31 bits per heavy atom. The number of hydrogen-bond donors (Lipinski definition) is 2. The maximum Gasteiger partial charge on any atom is 0.335 e. The summed E-state index contributed by atoms with van der Waals surface area (Å²) in [6, 6.07) is 5.21. The van der Waals surface area contributed by atoms with Gasteiger partial charge in [-0.1, -0.05) is 17.7 Å². The molecule has 0 spiro atoms. The van der Waals surface area contributed by atoms with Gasteiger partial charge in [-0.15, -0.1) is 0 Å². The van der Waals surface area contributed by atoms with Gasteiger partial charge in [-0.3, -0.25) is 9.72 Å². The van der Waals surface area contributed by atoms with Gasteiger partial charge in [-0.2, -0.15) is 13.4 Å². The van der Waals surface area contributed by atoms with Crippen LogP contribution in [0, 0.1) is 0 Å². The molecule has 0 fully saturated rings. The highest BCUT2D eigenvalue weighted by Crippen LogP contribution is 2.23. The van der Waals surface area contributed by atoms with Gasteiger partial charge in [0.1, 0.15) is 15.4 Å². The number of anilines is 1. The number of pyridine rings is 1. The maximum atomic E-state index is 12.6. The Balaban J connectivity index is 1.86. The van der Waals surface area contributed by atoms with Crippen LogP contribution in [0.15, 0.2) is 40.1 Å². The van der Waals surface area contributed by atoms with Crippen LogP contribution >= 0.6 is 27.5 Å². The van der Waals surface area contributed by atoms with E-state index in [1.54, 1.807) is 18.2 Å². The molecule has 0 saturated heterocycles. The van der Waals surface area contributed by atoms with Crippen molar-refractivity contribution >= 4 is 55.2 Å². The van der Waals surface area contributed by atoms with E-state index in [1.807, 2.05) is 4.72 Å². The van der Waals surface area contributed by atoms with E-state index in [2.05, 4.69) is 36.2 Å². The van der Waals surface area contributed by atoms with Crippen LogP contribution in [-0.2, 0) is 10.0 Å². The average Bonchev–Trinajstić information content (AvgIpc) is 2.89. The molecular weight excluding hydrogens is 452 g/mol. The Kier molecular flexibility index (Phi) is 4.98. The molecule has 0 aliphatic heterocycles. The minimum atomic E-state index is -4.25. The van der Waals surface area contributed by atoms with E-state index in [9.17, 15) is 13.2 Å². The Hall–Kier alpha value is -2.44. The number of fused-ring (bicyclic) bond motifs is 1. The van der Waals surface area contributed by atoms with Gasteiger partial charge in [0.05, 0.1) is 7.11 Å². The lowest BCUT2D eigenvalue weighted by atomic mass is 10.5. The summed E-state index contributed by atoms with van der Waals surface area (Å²) in [6.45, 7) is 0. The first-order valence-electron chi connectivity index (χ1n) is 6.85. The van der Waals surface area contributed by atoms with Crippen molar-refractivity contribution in [2.45, 2.75) is 5.03 Å². The number of nitrogens with zero attached hydrogens (tertiary/aromatic N) is 4. The third-order valence-electron chi connectivity index (χ3n) is 3.03. The molecule has 10 nitrogen and oxygen atoms in total. The van der Waals surface area contributed by atoms with Crippen LogP contribution in [0.3, 0.4) is 0 Å². The fourth-order valence-corrected chi connectivity index (χ4v) is 4.30. The van der Waals surface area contributed by atoms with Crippen LogP contribution in [0.5, 0.6) is 5.88 Å². The predicted octanol–water partition coefficient (Wildman–Crippen LogP) is 2.06. The van der Waals surface area contributed by atoms with Gasteiger partial charge >= 0.3 is 6.03 Å². The summed E-state index contributed by atoms with van der Waals surface area (Å²) < 4.78 is 33.3. The quantitative estimate of drug-likeness (QED) is 0.569. The fraction of sp³-hybridized carbons (Fsp3) is 0.0769. The highest BCUT2D eigenvalue weighted by molar-refractivity contribution is 9.10. The van der Waals surface area contributed by atoms with Crippen molar-refractivity contribution in [3.8, 4) is 5.88 Å². The monoisotopic (exact) mass is 460 g/mol. The first-order chi connectivity index (χ1) is 12.3. The van der Waals surface area contributed by atoms with Gasteiger partial charge in [0, 0.05) is 12.3 Å². The summed E-state index contributed by atoms with van der Waals surface area (Å²) in [5.41, 5.74) is 0.392. The van der Waals surface area contributed by atoms with Crippen LogP contribution in [0.25, 0.3) is 5.65 Å². The summed E-state index contributed by atoms with van der Waals surface area (Å²) >= 11 is 8.86. The molecule has 0 unspecified atom stereocenters. The van der Waals surface area contributed by atoms with Gasteiger partial charge in [0.15, 0.2) is 5.03 Å². The molecule has 3 aromatic rings. The molecule has 2 amide bonds. The van der Waals surface area contributed by atoms with Gasteiger partial charge in [0.2, 0.25) is 11.8 Å². The zero-order valence-electron chi connectivity index (χ0n) is 13.0. The molecule has 0 aromatic carbocycles. The Bertz CT molecular complexity index is 1100. The number of ether oxygens (including phenoxy) is 1. The van der Waals surface area contributed by atoms with E-state index < -0.39 is 16.1 Å².